The zero-order valence-electron chi connectivity index (χ0n) is 13.1. The molecule has 1 N–H and O–H groups in total. The Kier molecular flexibility index (Phi) is 4.29. The molecule has 1 aliphatic rings. The number of nitrogens with zero attached hydrogens (tertiary/aromatic N) is 3. The van der Waals surface area contributed by atoms with Crippen molar-refractivity contribution in [3.05, 3.63) is 63.1 Å². The average molecular weight is 370 g/mol. The first-order valence-electron chi connectivity index (χ1n) is 7.74. The van der Waals surface area contributed by atoms with Gasteiger partial charge in [0.1, 0.15) is 5.69 Å². The number of fused-ring (bicyclic) bond motifs is 1. The highest BCUT2D eigenvalue weighted by molar-refractivity contribution is 7.16. The zero-order valence-corrected chi connectivity index (χ0v) is 14.8. The van der Waals surface area contributed by atoms with Gasteiger partial charge < -0.3 is 4.90 Å². The third-order valence-corrected chi connectivity index (χ3v) is 5.72. The van der Waals surface area contributed by atoms with Gasteiger partial charge in [-0.3, -0.25) is 19.9 Å². The molecule has 0 spiro atoms. The van der Waals surface area contributed by atoms with Crippen molar-refractivity contribution in [1.29, 1.82) is 0 Å². The van der Waals surface area contributed by atoms with E-state index in [2.05, 4.69) is 15.3 Å². The average Bonchev–Trinajstić information content (AvgIpc) is 3.30. The van der Waals surface area contributed by atoms with Gasteiger partial charge in [0.25, 0.3) is 11.8 Å². The number of hydrogen-bond donors (Lipinski definition) is 1. The van der Waals surface area contributed by atoms with Gasteiger partial charge in [0.05, 0.1) is 17.1 Å². The van der Waals surface area contributed by atoms with E-state index in [1.807, 2.05) is 22.4 Å². The Bertz CT molecular complexity index is 906. The molecule has 0 radical (unpaired) electrons. The van der Waals surface area contributed by atoms with E-state index in [0.29, 0.717) is 30.3 Å². The molecule has 0 unspecified atom stereocenters. The number of rotatable bonds is 3. The maximum absolute atomic E-state index is 12.5. The molecular weight excluding hydrogens is 356 g/mol. The minimum absolute atomic E-state index is 0.0492. The van der Waals surface area contributed by atoms with Crippen LogP contribution in [0.25, 0.3) is 0 Å². The van der Waals surface area contributed by atoms with Gasteiger partial charge in [-0.15, -0.1) is 11.3 Å². The number of aromatic nitrogens is 2. The summed E-state index contributed by atoms with van der Waals surface area (Å²) in [6.07, 6.45) is 2.28. The molecule has 0 fully saturated rings. The van der Waals surface area contributed by atoms with Crippen LogP contribution in [0.5, 0.6) is 0 Å². The maximum atomic E-state index is 12.5. The van der Waals surface area contributed by atoms with Crippen molar-refractivity contribution in [2.75, 3.05) is 11.9 Å². The second-order valence-electron chi connectivity index (χ2n) is 5.51. The molecule has 126 valence electrons. The van der Waals surface area contributed by atoms with E-state index in [0.717, 1.165) is 15.4 Å². The number of carbonyl (C=O) groups excluding carboxylic acids is 2. The summed E-state index contributed by atoms with van der Waals surface area (Å²) in [5.41, 5.74) is 1.31. The summed E-state index contributed by atoms with van der Waals surface area (Å²) in [6, 6.07) is 8.91. The maximum Gasteiger partial charge on any atom is 0.276 e. The lowest BCUT2D eigenvalue weighted by Crippen LogP contribution is -2.35. The number of nitrogens with one attached hydrogen (secondary N) is 1. The number of carbonyl (C=O) groups is 2. The number of thiazole rings is 1. The number of thiophene rings is 1. The minimum atomic E-state index is -0.279. The summed E-state index contributed by atoms with van der Waals surface area (Å²) in [4.78, 5) is 36.8. The summed E-state index contributed by atoms with van der Waals surface area (Å²) in [6.45, 7) is 1.17. The van der Waals surface area contributed by atoms with E-state index in [1.165, 1.54) is 22.7 Å². The molecule has 0 aromatic carbocycles. The lowest BCUT2D eigenvalue weighted by atomic mass is 10.2. The molecule has 0 saturated carbocycles. The van der Waals surface area contributed by atoms with E-state index >= 15 is 0 Å². The van der Waals surface area contributed by atoms with Crippen LogP contribution in [0, 0.1) is 0 Å². The van der Waals surface area contributed by atoms with Gasteiger partial charge >= 0.3 is 0 Å². The third-order valence-electron chi connectivity index (χ3n) is 3.87. The molecule has 1 aliphatic heterocycles. The molecule has 6 nitrogen and oxygen atoms in total. The highest BCUT2D eigenvalue weighted by atomic mass is 32.1. The monoisotopic (exact) mass is 370 g/mol. The van der Waals surface area contributed by atoms with Crippen LogP contribution in [0.3, 0.4) is 0 Å². The molecule has 0 bridgehead atoms. The van der Waals surface area contributed by atoms with Crippen LogP contribution in [0.4, 0.5) is 5.13 Å². The van der Waals surface area contributed by atoms with Gasteiger partial charge in [0, 0.05) is 24.0 Å². The Morgan fingerprint density at radius 2 is 2.12 bits per heavy atom. The van der Waals surface area contributed by atoms with Gasteiger partial charge in [-0.05, 0) is 23.6 Å². The summed E-state index contributed by atoms with van der Waals surface area (Å²) in [5, 5.41) is 5.24. The third kappa shape index (κ3) is 3.31. The Morgan fingerprint density at radius 1 is 1.20 bits per heavy atom. The van der Waals surface area contributed by atoms with Gasteiger partial charge in [-0.25, -0.2) is 4.98 Å². The Morgan fingerprint density at radius 3 is 2.88 bits per heavy atom. The van der Waals surface area contributed by atoms with Gasteiger partial charge in [-0.2, -0.15) is 0 Å². The molecule has 0 aliphatic carbocycles. The van der Waals surface area contributed by atoms with E-state index in [1.54, 1.807) is 24.4 Å². The van der Waals surface area contributed by atoms with Crippen LogP contribution in [0.15, 0.2) is 41.9 Å². The smallest absolute Gasteiger partial charge is 0.276 e. The van der Waals surface area contributed by atoms with E-state index < -0.39 is 0 Å². The number of amides is 2. The van der Waals surface area contributed by atoms with Gasteiger partial charge in [0.15, 0.2) is 5.13 Å². The van der Waals surface area contributed by atoms with Crippen LogP contribution >= 0.6 is 22.7 Å². The molecule has 4 heterocycles. The van der Waals surface area contributed by atoms with Crippen molar-refractivity contribution in [2.45, 2.75) is 13.0 Å². The Balaban J connectivity index is 1.47. The summed E-state index contributed by atoms with van der Waals surface area (Å²) in [7, 11) is 0. The lowest BCUT2D eigenvalue weighted by Gasteiger charge is -2.25. The Labute approximate surface area is 152 Å². The van der Waals surface area contributed by atoms with Crippen molar-refractivity contribution < 1.29 is 9.59 Å². The van der Waals surface area contributed by atoms with Crippen molar-refractivity contribution in [1.82, 2.24) is 14.9 Å². The van der Waals surface area contributed by atoms with E-state index in [-0.39, 0.29) is 11.8 Å². The second-order valence-corrected chi connectivity index (χ2v) is 7.54. The topological polar surface area (TPSA) is 75.2 Å². The summed E-state index contributed by atoms with van der Waals surface area (Å²) < 4.78 is 0. The number of anilines is 1. The largest absolute Gasteiger partial charge is 0.332 e. The predicted octanol–water partition coefficient (Wildman–Crippen LogP) is 3.05. The van der Waals surface area contributed by atoms with Gasteiger partial charge in [-0.1, -0.05) is 23.5 Å². The van der Waals surface area contributed by atoms with E-state index in [4.69, 9.17) is 0 Å². The molecule has 0 saturated heterocycles. The first-order valence-corrected chi connectivity index (χ1v) is 9.44. The van der Waals surface area contributed by atoms with Crippen LogP contribution < -0.4 is 5.32 Å². The number of hydrogen-bond acceptors (Lipinski definition) is 6. The molecule has 3 aromatic heterocycles. The van der Waals surface area contributed by atoms with Crippen molar-refractivity contribution in [3.8, 4) is 0 Å². The quantitative estimate of drug-likeness (QED) is 0.769. The highest BCUT2D eigenvalue weighted by Gasteiger charge is 2.25. The molecule has 8 heteroatoms. The summed E-state index contributed by atoms with van der Waals surface area (Å²) in [5.74, 6) is -0.230. The molecular formula is C17H14N4O2S2. The summed E-state index contributed by atoms with van der Waals surface area (Å²) >= 11 is 2.87. The SMILES string of the molecule is O=C(Nc1nc2c(s1)CN(C(=O)c1cccs1)CC2)c1ccccn1. The first kappa shape index (κ1) is 15.9. The molecule has 0 atom stereocenters. The lowest BCUT2D eigenvalue weighted by molar-refractivity contribution is 0.0741. The van der Waals surface area contributed by atoms with Gasteiger partial charge in [0.2, 0.25) is 0 Å². The van der Waals surface area contributed by atoms with Crippen molar-refractivity contribution >= 4 is 39.6 Å². The molecule has 4 rings (SSSR count). The van der Waals surface area contributed by atoms with Crippen LogP contribution in [-0.4, -0.2) is 33.2 Å². The van der Waals surface area contributed by atoms with E-state index in [9.17, 15) is 9.59 Å². The fourth-order valence-corrected chi connectivity index (χ4v) is 4.35. The van der Waals surface area contributed by atoms with Crippen LogP contribution in [-0.2, 0) is 13.0 Å². The number of pyridine rings is 1. The molecule has 2 amide bonds. The highest BCUT2D eigenvalue weighted by Crippen LogP contribution is 2.29. The minimum Gasteiger partial charge on any atom is -0.332 e. The molecule has 25 heavy (non-hydrogen) atoms. The second kappa shape index (κ2) is 6.73. The van der Waals surface area contributed by atoms with Crippen molar-refractivity contribution in [2.24, 2.45) is 0 Å². The van der Waals surface area contributed by atoms with Crippen molar-refractivity contribution in [3.63, 3.8) is 0 Å². The first-order chi connectivity index (χ1) is 12.2. The zero-order chi connectivity index (χ0) is 17.2. The van der Waals surface area contributed by atoms with Crippen LogP contribution in [0.2, 0.25) is 0 Å². The normalized spacial score (nSPS) is 13.4. The van der Waals surface area contributed by atoms with Crippen LogP contribution in [0.1, 0.15) is 30.7 Å². The fraction of sp³-hybridized carbons (Fsp3) is 0.176. The molecule has 3 aromatic rings. The fourth-order valence-electron chi connectivity index (χ4n) is 2.64. The Hall–Kier alpha value is -2.58. The standard InChI is InChI=1S/C17H14N4O2S2/c22-15(12-4-1-2-7-18-12)20-17-19-11-6-8-21(10-14(11)25-17)16(23)13-5-3-9-24-13/h1-5,7,9H,6,8,10H2,(H,19,20,22). The predicted molar refractivity (Wildman–Crippen MR) is 97.1 cm³/mol.